The van der Waals surface area contributed by atoms with Gasteiger partial charge < -0.3 is 14.0 Å². The van der Waals surface area contributed by atoms with Crippen molar-refractivity contribution in [1.82, 2.24) is 4.57 Å². The van der Waals surface area contributed by atoms with E-state index in [-0.39, 0.29) is 30.4 Å². The smallest absolute Gasteiger partial charge is 0.310 e. The molecular formula is C25H25BrFNO4. The number of carbonyl (C=O) groups excluding carboxylic acids is 1. The number of aromatic nitrogens is 1. The van der Waals surface area contributed by atoms with Crippen LogP contribution in [0.5, 0.6) is 5.75 Å². The Balaban J connectivity index is 1.68. The van der Waals surface area contributed by atoms with E-state index < -0.39 is 5.60 Å². The first kappa shape index (κ1) is 23.7. The number of halogens is 2. The Labute approximate surface area is 194 Å². The van der Waals surface area contributed by atoms with Crippen LogP contribution < -0.4 is 10.3 Å². The second-order valence-electron chi connectivity index (χ2n) is 8.43. The van der Waals surface area contributed by atoms with Crippen molar-refractivity contribution < 1.29 is 18.7 Å². The summed E-state index contributed by atoms with van der Waals surface area (Å²) in [4.78, 5) is 24.9. The maximum absolute atomic E-state index is 13.0. The Morgan fingerprint density at radius 3 is 2.41 bits per heavy atom. The molecule has 3 aromatic rings. The molecule has 0 fully saturated rings. The van der Waals surface area contributed by atoms with Crippen LogP contribution >= 0.6 is 15.9 Å². The van der Waals surface area contributed by atoms with Gasteiger partial charge >= 0.3 is 5.97 Å². The van der Waals surface area contributed by atoms with Crippen LogP contribution in [0.3, 0.4) is 0 Å². The normalized spacial score (nSPS) is 11.3. The van der Waals surface area contributed by atoms with E-state index in [1.165, 1.54) is 12.1 Å². The molecule has 0 bridgehead atoms. The minimum atomic E-state index is -0.533. The van der Waals surface area contributed by atoms with E-state index in [1.54, 1.807) is 29.0 Å². The van der Waals surface area contributed by atoms with Crippen LogP contribution in [-0.2, 0) is 29.1 Å². The lowest BCUT2D eigenvalue weighted by Gasteiger charge is -2.19. The molecule has 0 aliphatic heterocycles. The molecule has 0 N–H and O–H groups in total. The average Bonchev–Trinajstić information content (AvgIpc) is 2.71. The number of hydrogen-bond acceptors (Lipinski definition) is 4. The van der Waals surface area contributed by atoms with Crippen LogP contribution in [-0.4, -0.2) is 16.1 Å². The SMILES string of the molecule is CC(C)(C)OC(=O)Cc1cccc(Cn2ccc(OCc3ccc(F)cc3)c(Br)c2=O)c1. The molecule has 32 heavy (non-hydrogen) atoms. The van der Waals surface area contributed by atoms with Gasteiger partial charge in [0.15, 0.2) is 0 Å². The van der Waals surface area contributed by atoms with Gasteiger partial charge in [0.05, 0.1) is 13.0 Å². The van der Waals surface area contributed by atoms with Crippen molar-refractivity contribution in [3.63, 3.8) is 0 Å². The topological polar surface area (TPSA) is 57.5 Å². The molecule has 1 aromatic heterocycles. The fraction of sp³-hybridized carbons (Fsp3) is 0.280. The van der Waals surface area contributed by atoms with Gasteiger partial charge in [-0.3, -0.25) is 9.59 Å². The molecule has 0 amide bonds. The number of rotatable bonds is 7. The molecule has 0 spiro atoms. The first-order valence-corrected chi connectivity index (χ1v) is 11.0. The van der Waals surface area contributed by atoms with Gasteiger partial charge in [-0.25, -0.2) is 4.39 Å². The van der Waals surface area contributed by atoms with Gasteiger partial charge in [-0.2, -0.15) is 0 Å². The maximum atomic E-state index is 13.0. The summed E-state index contributed by atoms with van der Waals surface area (Å²) in [5, 5.41) is 0. The van der Waals surface area contributed by atoms with Crippen molar-refractivity contribution in [2.45, 2.75) is 45.9 Å². The lowest BCUT2D eigenvalue weighted by molar-refractivity contribution is -0.153. The van der Waals surface area contributed by atoms with Gasteiger partial charge in [0.25, 0.3) is 5.56 Å². The minimum Gasteiger partial charge on any atom is -0.487 e. The zero-order chi connectivity index (χ0) is 23.3. The number of benzene rings is 2. The van der Waals surface area contributed by atoms with Crippen LogP contribution in [0.2, 0.25) is 0 Å². The lowest BCUT2D eigenvalue weighted by atomic mass is 10.1. The van der Waals surface area contributed by atoms with Crippen LogP contribution in [0.4, 0.5) is 4.39 Å². The Morgan fingerprint density at radius 2 is 1.72 bits per heavy atom. The monoisotopic (exact) mass is 501 g/mol. The van der Waals surface area contributed by atoms with Crippen molar-refractivity contribution in [3.8, 4) is 5.75 Å². The quantitative estimate of drug-likeness (QED) is 0.414. The summed E-state index contributed by atoms with van der Waals surface area (Å²) < 4.78 is 26.0. The summed E-state index contributed by atoms with van der Waals surface area (Å²) >= 11 is 3.33. The van der Waals surface area contributed by atoms with Crippen LogP contribution in [0.25, 0.3) is 0 Å². The van der Waals surface area contributed by atoms with Crippen molar-refractivity contribution in [3.05, 3.63) is 98.1 Å². The van der Waals surface area contributed by atoms with Crippen molar-refractivity contribution >= 4 is 21.9 Å². The van der Waals surface area contributed by atoms with E-state index in [2.05, 4.69) is 15.9 Å². The van der Waals surface area contributed by atoms with E-state index in [9.17, 15) is 14.0 Å². The van der Waals surface area contributed by atoms with Crippen LogP contribution in [0.15, 0.2) is 70.1 Å². The third kappa shape index (κ3) is 6.79. The fourth-order valence-corrected chi connectivity index (χ4v) is 3.56. The molecule has 0 radical (unpaired) electrons. The highest BCUT2D eigenvalue weighted by Gasteiger charge is 2.16. The van der Waals surface area contributed by atoms with Gasteiger partial charge in [0.1, 0.15) is 28.2 Å². The molecular weight excluding hydrogens is 477 g/mol. The number of esters is 1. The van der Waals surface area contributed by atoms with Gasteiger partial charge in [0.2, 0.25) is 0 Å². The third-order valence-corrected chi connectivity index (χ3v) is 5.22. The Morgan fingerprint density at radius 1 is 1.03 bits per heavy atom. The summed E-state index contributed by atoms with van der Waals surface area (Å²) in [6.07, 6.45) is 1.83. The third-order valence-electron chi connectivity index (χ3n) is 4.49. The largest absolute Gasteiger partial charge is 0.487 e. The Hall–Kier alpha value is -2.93. The highest BCUT2D eigenvalue weighted by atomic mass is 79.9. The molecule has 0 saturated carbocycles. The predicted octanol–water partition coefficient (Wildman–Crippen LogP) is 5.26. The van der Waals surface area contributed by atoms with Crippen molar-refractivity contribution in [2.24, 2.45) is 0 Å². The molecule has 5 nitrogen and oxygen atoms in total. The molecule has 3 rings (SSSR count). The number of pyridine rings is 1. The molecule has 0 atom stereocenters. The molecule has 2 aromatic carbocycles. The summed E-state index contributed by atoms with van der Waals surface area (Å²) in [7, 11) is 0. The van der Waals surface area contributed by atoms with E-state index >= 15 is 0 Å². The molecule has 0 aliphatic carbocycles. The second kappa shape index (κ2) is 10.1. The summed E-state index contributed by atoms with van der Waals surface area (Å²) in [5.41, 5.74) is 1.74. The molecule has 168 valence electrons. The molecule has 0 unspecified atom stereocenters. The van der Waals surface area contributed by atoms with Gasteiger partial charge in [-0.15, -0.1) is 0 Å². The zero-order valence-electron chi connectivity index (χ0n) is 18.2. The Kier molecular flexibility index (Phi) is 7.51. The van der Waals surface area contributed by atoms with Gasteiger partial charge in [0, 0.05) is 6.20 Å². The lowest BCUT2D eigenvalue weighted by Crippen LogP contribution is -2.25. The summed E-state index contributed by atoms with van der Waals surface area (Å²) in [6, 6.07) is 15.2. The van der Waals surface area contributed by atoms with E-state index in [4.69, 9.17) is 9.47 Å². The summed E-state index contributed by atoms with van der Waals surface area (Å²) in [6.45, 7) is 6.06. The zero-order valence-corrected chi connectivity index (χ0v) is 19.8. The number of carbonyl (C=O) groups is 1. The Bertz CT molecular complexity index is 1150. The maximum Gasteiger partial charge on any atom is 0.310 e. The summed E-state index contributed by atoms with van der Waals surface area (Å²) in [5.74, 6) is -0.195. The van der Waals surface area contributed by atoms with Crippen LogP contribution in [0.1, 0.15) is 37.5 Å². The first-order valence-electron chi connectivity index (χ1n) is 10.2. The van der Waals surface area contributed by atoms with E-state index in [0.29, 0.717) is 16.8 Å². The number of nitrogens with zero attached hydrogens (tertiary/aromatic N) is 1. The standard InChI is InChI=1S/C25H25BrFNO4/c1-25(2,3)32-22(29)14-18-5-4-6-19(13-18)15-28-12-11-21(23(26)24(28)30)31-16-17-7-9-20(27)10-8-17/h4-13H,14-16H2,1-3H3. The molecule has 0 aliphatic rings. The number of hydrogen-bond donors (Lipinski definition) is 0. The van der Waals surface area contributed by atoms with Gasteiger partial charge in [-0.05, 0) is 71.6 Å². The first-order chi connectivity index (χ1) is 15.1. The molecule has 0 saturated heterocycles. The highest BCUT2D eigenvalue weighted by molar-refractivity contribution is 9.10. The predicted molar refractivity (Wildman–Crippen MR) is 124 cm³/mol. The van der Waals surface area contributed by atoms with Crippen molar-refractivity contribution in [1.29, 1.82) is 0 Å². The average molecular weight is 502 g/mol. The van der Waals surface area contributed by atoms with Gasteiger partial charge in [-0.1, -0.05) is 36.4 Å². The molecule has 1 heterocycles. The highest BCUT2D eigenvalue weighted by Crippen LogP contribution is 2.22. The minimum absolute atomic E-state index is 0.167. The fourth-order valence-electron chi connectivity index (χ4n) is 3.09. The molecule has 7 heteroatoms. The van der Waals surface area contributed by atoms with E-state index in [0.717, 1.165) is 16.7 Å². The second-order valence-corrected chi connectivity index (χ2v) is 9.22. The van der Waals surface area contributed by atoms with E-state index in [1.807, 2.05) is 45.0 Å². The van der Waals surface area contributed by atoms with Crippen molar-refractivity contribution in [2.75, 3.05) is 0 Å². The van der Waals surface area contributed by atoms with Crippen LogP contribution in [0, 0.1) is 5.82 Å². The number of ether oxygens (including phenoxy) is 2.